The van der Waals surface area contributed by atoms with Crippen molar-refractivity contribution >= 4 is 5.82 Å². The summed E-state index contributed by atoms with van der Waals surface area (Å²) in [6, 6.07) is -0.476. The Labute approximate surface area is 124 Å². The lowest BCUT2D eigenvalue weighted by Crippen LogP contribution is -2.36. The molecule has 0 amide bonds. The van der Waals surface area contributed by atoms with Crippen LogP contribution in [0.15, 0.2) is 12.4 Å². The van der Waals surface area contributed by atoms with Crippen molar-refractivity contribution < 1.29 is 13.2 Å². The van der Waals surface area contributed by atoms with Crippen molar-refractivity contribution in [2.75, 3.05) is 5.32 Å². The van der Waals surface area contributed by atoms with Gasteiger partial charge in [-0.15, -0.1) is 0 Å². The van der Waals surface area contributed by atoms with E-state index in [1.54, 1.807) is 24.9 Å². The van der Waals surface area contributed by atoms with Crippen LogP contribution in [0.25, 0.3) is 0 Å². The van der Waals surface area contributed by atoms with Gasteiger partial charge in [0.1, 0.15) is 17.5 Å². The van der Waals surface area contributed by atoms with Gasteiger partial charge in [0.25, 0.3) is 0 Å². The second-order valence-electron chi connectivity index (χ2n) is 5.26. The molecule has 6 nitrogen and oxygen atoms in total. The summed E-state index contributed by atoms with van der Waals surface area (Å²) in [5.74, 6) is 0.101. The van der Waals surface area contributed by atoms with Crippen molar-refractivity contribution in [1.29, 1.82) is 5.26 Å². The fourth-order valence-electron chi connectivity index (χ4n) is 2.71. The van der Waals surface area contributed by atoms with E-state index in [2.05, 4.69) is 15.5 Å². The Morgan fingerprint density at radius 1 is 1.36 bits per heavy atom. The highest BCUT2D eigenvalue weighted by Crippen LogP contribution is 2.44. The lowest BCUT2D eigenvalue weighted by atomic mass is 9.97. The maximum Gasteiger partial charge on any atom is 0.410 e. The van der Waals surface area contributed by atoms with Crippen LogP contribution in [0.3, 0.4) is 0 Å². The zero-order valence-corrected chi connectivity index (χ0v) is 11.9. The Kier molecular flexibility index (Phi) is 3.12. The number of fused-ring (bicyclic) bond motifs is 1. The van der Waals surface area contributed by atoms with Gasteiger partial charge in [-0.25, -0.2) is 4.68 Å². The summed E-state index contributed by atoms with van der Waals surface area (Å²) in [5, 5.41) is 19.8. The van der Waals surface area contributed by atoms with E-state index >= 15 is 0 Å². The molecule has 2 aromatic rings. The number of halogens is 3. The Hall–Kier alpha value is -2.50. The van der Waals surface area contributed by atoms with Crippen molar-refractivity contribution in [3.8, 4) is 6.07 Å². The second kappa shape index (κ2) is 4.76. The number of nitrogens with one attached hydrogen (secondary N) is 1. The predicted molar refractivity (Wildman–Crippen MR) is 71.0 cm³/mol. The molecule has 1 N–H and O–H groups in total. The number of anilines is 1. The number of hydrogen-bond donors (Lipinski definition) is 1. The molecule has 3 heterocycles. The standard InChI is InChI=1S/C13H13F3N6/c1-7-9(6-18-21(7)2)10-3-11(13(14,15)16)22-12(20-10)8(4-17)5-19-22/h5-6,10-11,20H,3H2,1-2H3/t10-,11+/m1/s1. The van der Waals surface area contributed by atoms with Gasteiger partial charge in [0, 0.05) is 24.7 Å². The first kappa shape index (κ1) is 14.4. The molecule has 0 saturated heterocycles. The number of nitrogens with zero attached hydrogens (tertiary/aromatic N) is 5. The van der Waals surface area contributed by atoms with E-state index in [1.807, 2.05) is 6.07 Å². The fourth-order valence-corrected chi connectivity index (χ4v) is 2.71. The highest BCUT2D eigenvalue weighted by atomic mass is 19.4. The average molecular weight is 310 g/mol. The van der Waals surface area contributed by atoms with E-state index in [0.29, 0.717) is 5.56 Å². The zero-order valence-electron chi connectivity index (χ0n) is 11.9. The molecule has 116 valence electrons. The van der Waals surface area contributed by atoms with Crippen molar-refractivity contribution in [2.45, 2.75) is 31.6 Å². The van der Waals surface area contributed by atoms with Crippen molar-refractivity contribution in [3.63, 3.8) is 0 Å². The van der Waals surface area contributed by atoms with Crippen molar-refractivity contribution in [3.05, 3.63) is 29.2 Å². The molecule has 0 radical (unpaired) electrons. The Balaban J connectivity index is 2.08. The summed E-state index contributed by atoms with van der Waals surface area (Å²) in [6.45, 7) is 1.80. The van der Waals surface area contributed by atoms with Gasteiger partial charge in [-0.2, -0.15) is 28.6 Å². The molecule has 0 bridgehead atoms. The van der Waals surface area contributed by atoms with Gasteiger partial charge in [0.2, 0.25) is 0 Å². The predicted octanol–water partition coefficient (Wildman–Crippen LogP) is 2.46. The third-order valence-electron chi connectivity index (χ3n) is 4.01. The minimum atomic E-state index is -4.44. The smallest absolute Gasteiger partial charge is 0.362 e. The Morgan fingerprint density at radius 2 is 2.09 bits per heavy atom. The first-order valence-corrected chi connectivity index (χ1v) is 6.62. The average Bonchev–Trinajstić information content (AvgIpc) is 3.01. The molecule has 0 spiro atoms. The van der Waals surface area contributed by atoms with E-state index < -0.39 is 18.3 Å². The number of rotatable bonds is 1. The van der Waals surface area contributed by atoms with E-state index in [-0.39, 0.29) is 17.8 Å². The molecule has 0 saturated carbocycles. The first-order valence-electron chi connectivity index (χ1n) is 6.62. The number of alkyl halides is 3. The van der Waals surface area contributed by atoms with Crippen LogP contribution in [-0.2, 0) is 7.05 Å². The number of hydrogen-bond acceptors (Lipinski definition) is 4. The van der Waals surface area contributed by atoms with Gasteiger partial charge >= 0.3 is 6.18 Å². The van der Waals surface area contributed by atoms with Crippen LogP contribution in [0.5, 0.6) is 0 Å². The van der Waals surface area contributed by atoms with Crippen molar-refractivity contribution in [2.24, 2.45) is 7.05 Å². The summed E-state index contributed by atoms with van der Waals surface area (Å²) in [6.07, 6.45) is -1.93. The quantitative estimate of drug-likeness (QED) is 0.878. The van der Waals surface area contributed by atoms with Gasteiger partial charge in [-0.05, 0) is 6.92 Å². The molecule has 3 rings (SSSR count). The third-order valence-corrected chi connectivity index (χ3v) is 4.01. The highest BCUT2D eigenvalue weighted by Gasteiger charge is 2.47. The molecule has 1 aliphatic heterocycles. The molecule has 2 aromatic heterocycles. The van der Waals surface area contributed by atoms with E-state index in [4.69, 9.17) is 5.26 Å². The maximum atomic E-state index is 13.3. The summed E-state index contributed by atoms with van der Waals surface area (Å²) < 4.78 is 42.5. The van der Waals surface area contributed by atoms with E-state index in [1.165, 1.54) is 0 Å². The van der Waals surface area contributed by atoms with E-state index in [0.717, 1.165) is 16.6 Å². The second-order valence-corrected chi connectivity index (χ2v) is 5.26. The summed E-state index contributed by atoms with van der Waals surface area (Å²) in [4.78, 5) is 0. The third kappa shape index (κ3) is 2.11. The summed E-state index contributed by atoms with van der Waals surface area (Å²) in [5.41, 5.74) is 1.57. The molecule has 9 heteroatoms. The summed E-state index contributed by atoms with van der Waals surface area (Å²) in [7, 11) is 1.73. The lowest BCUT2D eigenvalue weighted by Gasteiger charge is -2.33. The normalized spacial score (nSPS) is 21.1. The van der Waals surface area contributed by atoms with Gasteiger partial charge in [0.05, 0.1) is 18.4 Å². The Morgan fingerprint density at radius 3 is 2.64 bits per heavy atom. The van der Waals surface area contributed by atoms with Gasteiger partial charge < -0.3 is 5.32 Å². The van der Waals surface area contributed by atoms with Gasteiger partial charge in [0.15, 0.2) is 6.04 Å². The number of aromatic nitrogens is 4. The van der Waals surface area contributed by atoms with E-state index in [9.17, 15) is 13.2 Å². The molecule has 1 aliphatic rings. The minimum absolute atomic E-state index is 0.0977. The largest absolute Gasteiger partial charge is 0.410 e. The molecular weight excluding hydrogens is 297 g/mol. The number of nitriles is 1. The van der Waals surface area contributed by atoms with Crippen LogP contribution in [0.2, 0.25) is 0 Å². The zero-order chi connectivity index (χ0) is 16.1. The molecule has 0 aromatic carbocycles. The Bertz CT molecular complexity index is 751. The SMILES string of the molecule is Cc1c([C@H]2C[C@@H](C(F)(F)F)n3ncc(C#N)c3N2)cnn1C. The topological polar surface area (TPSA) is 71.5 Å². The molecule has 0 aliphatic carbocycles. The fraction of sp³-hybridized carbons (Fsp3) is 0.462. The van der Waals surface area contributed by atoms with Crippen LogP contribution < -0.4 is 5.32 Å². The minimum Gasteiger partial charge on any atom is -0.362 e. The van der Waals surface area contributed by atoms with Gasteiger partial charge in [-0.3, -0.25) is 4.68 Å². The van der Waals surface area contributed by atoms with Gasteiger partial charge in [-0.1, -0.05) is 0 Å². The lowest BCUT2D eigenvalue weighted by molar-refractivity contribution is -0.173. The maximum absolute atomic E-state index is 13.3. The monoisotopic (exact) mass is 310 g/mol. The van der Waals surface area contributed by atoms with Crippen LogP contribution in [-0.4, -0.2) is 25.7 Å². The molecule has 2 atom stereocenters. The summed E-state index contributed by atoms with van der Waals surface area (Å²) >= 11 is 0. The molecule has 22 heavy (non-hydrogen) atoms. The van der Waals surface area contributed by atoms with Crippen LogP contribution in [0, 0.1) is 18.3 Å². The van der Waals surface area contributed by atoms with Crippen LogP contribution in [0.1, 0.15) is 35.3 Å². The highest BCUT2D eigenvalue weighted by molar-refractivity contribution is 5.54. The molecular formula is C13H13F3N6. The van der Waals surface area contributed by atoms with Crippen LogP contribution in [0.4, 0.5) is 19.0 Å². The van der Waals surface area contributed by atoms with Crippen LogP contribution >= 0.6 is 0 Å². The number of aryl methyl sites for hydroxylation is 1. The molecule has 0 fully saturated rings. The first-order chi connectivity index (χ1) is 10.3. The molecule has 0 unspecified atom stereocenters. The van der Waals surface area contributed by atoms with Crippen molar-refractivity contribution in [1.82, 2.24) is 19.6 Å².